The zero-order chi connectivity index (χ0) is 10.8. The standard InChI is InChI=1S/C11H11N3S/c1-3-10(12)13-11-8-6-7(2)4-5-9(8)15-14-11/h3-6H,1H2,2H3,(H2,12,13,14). The number of fused-ring (bicyclic) bond motifs is 1. The van der Waals surface area contributed by atoms with Crippen LogP contribution in [-0.4, -0.2) is 10.2 Å². The van der Waals surface area contributed by atoms with Crippen molar-refractivity contribution in [2.24, 2.45) is 10.7 Å². The third kappa shape index (κ3) is 1.89. The van der Waals surface area contributed by atoms with E-state index < -0.39 is 0 Å². The van der Waals surface area contributed by atoms with Crippen LogP contribution in [0.5, 0.6) is 0 Å². The molecule has 0 amide bonds. The van der Waals surface area contributed by atoms with E-state index in [9.17, 15) is 0 Å². The molecule has 76 valence electrons. The maximum atomic E-state index is 5.59. The Balaban J connectivity index is 2.62. The first kappa shape index (κ1) is 9.86. The normalized spacial score (nSPS) is 11.9. The number of amidine groups is 1. The van der Waals surface area contributed by atoms with Gasteiger partial charge in [0.1, 0.15) is 5.84 Å². The Morgan fingerprint density at radius 1 is 1.60 bits per heavy atom. The summed E-state index contributed by atoms with van der Waals surface area (Å²) in [6.07, 6.45) is 1.51. The van der Waals surface area contributed by atoms with Crippen molar-refractivity contribution in [1.82, 2.24) is 4.37 Å². The highest BCUT2D eigenvalue weighted by molar-refractivity contribution is 7.13. The molecule has 0 aliphatic heterocycles. The first-order valence-corrected chi connectivity index (χ1v) is 5.30. The van der Waals surface area contributed by atoms with E-state index in [0.717, 1.165) is 10.1 Å². The molecule has 15 heavy (non-hydrogen) atoms. The van der Waals surface area contributed by atoms with Crippen LogP contribution in [0.15, 0.2) is 35.8 Å². The van der Waals surface area contributed by atoms with E-state index >= 15 is 0 Å². The lowest BCUT2D eigenvalue weighted by molar-refractivity contribution is 1.41. The molecule has 2 aromatic rings. The smallest absolute Gasteiger partial charge is 0.175 e. The van der Waals surface area contributed by atoms with Gasteiger partial charge in [-0.1, -0.05) is 18.2 Å². The van der Waals surface area contributed by atoms with Crippen molar-refractivity contribution in [3.05, 3.63) is 36.4 Å². The Morgan fingerprint density at radius 2 is 2.40 bits per heavy atom. The molecule has 1 heterocycles. The van der Waals surface area contributed by atoms with Crippen molar-refractivity contribution in [3.63, 3.8) is 0 Å². The predicted molar refractivity (Wildman–Crippen MR) is 65.8 cm³/mol. The Kier molecular flexibility index (Phi) is 2.51. The van der Waals surface area contributed by atoms with Crippen molar-refractivity contribution in [1.29, 1.82) is 0 Å². The first-order chi connectivity index (χ1) is 7.20. The minimum absolute atomic E-state index is 0.392. The number of hydrogen-bond acceptors (Lipinski definition) is 3. The van der Waals surface area contributed by atoms with Gasteiger partial charge in [0.05, 0.1) is 4.70 Å². The molecule has 0 aliphatic rings. The van der Waals surface area contributed by atoms with Crippen LogP contribution in [0.25, 0.3) is 10.1 Å². The molecule has 2 N–H and O–H groups in total. The zero-order valence-corrected chi connectivity index (χ0v) is 9.21. The molecule has 0 bridgehead atoms. The number of rotatable bonds is 2. The summed E-state index contributed by atoms with van der Waals surface area (Å²) >= 11 is 1.43. The molecule has 3 nitrogen and oxygen atoms in total. The average molecular weight is 217 g/mol. The summed E-state index contributed by atoms with van der Waals surface area (Å²) in [6, 6.07) is 6.17. The monoisotopic (exact) mass is 217 g/mol. The van der Waals surface area contributed by atoms with Gasteiger partial charge in [-0.3, -0.25) is 0 Å². The molecule has 0 atom stereocenters. The lowest BCUT2D eigenvalue weighted by Crippen LogP contribution is -2.05. The van der Waals surface area contributed by atoms with Crippen molar-refractivity contribution in [3.8, 4) is 0 Å². The second kappa shape index (κ2) is 3.82. The second-order valence-electron chi connectivity index (χ2n) is 3.25. The van der Waals surface area contributed by atoms with Crippen molar-refractivity contribution >= 4 is 33.3 Å². The fraction of sp³-hybridized carbons (Fsp3) is 0.0909. The molecule has 1 aromatic carbocycles. The highest BCUT2D eigenvalue weighted by Gasteiger charge is 2.04. The molecule has 0 saturated heterocycles. The molecule has 0 saturated carbocycles. The second-order valence-corrected chi connectivity index (χ2v) is 4.05. The number of aromatic nitrogens is 1. The molecule has 4 heteroatoms. The molecular weight excluding hydrogens is 206 g/mol. The molecule has 0 fully saturated rings. The maximum Gasteiger partial charge on any atom is 0.175 e. The van der Waals surface area contributed by atoms with Crippen molar-refractivity contribution in [2.75, 3.05) is 0 Å². The average Bonchev–Trinajstić information content (AvgIpc) is 2.61. The summed E-state index contributed by atoms with van der Waals surface area (Å²) in [5, 5.41) is 1.05. The summed E-state index contributed by atoms with van der Waals surface area (Å²) in [5.41, 5.74) is 6.78. The van der Waals surface area contributed by atoms with E-state index in [2.05, 4.69) is 28.1 Å². The number of aliphatic imine (C=N–C) groups is 1. The number of hydrogen-bond donors (Lipinski definition) is 1. The largest absolute Gasteiger partial charge is 0.384 e. The Morgan fingerprint density at radius 3 is 3.13 bits per heavy atom. The van der Waals surface area contributed by atoms with Gasteiger partial charge in [0.25, 0.3) is 0 Å². The van der Waals surface area contributed by atoms with Gasteiger partial charge in [-0.05, 0) is 36.7 Å². The van der Waals surface area contributed by atoms with Gasteiger partial charge in [-0.15, -0.1) is 0 Å². The third-order valence-corrected chi connectivity index (χ3v) is 2.87. The molecule has 2 rings (SSSR count). The van der Waals surface area contributed by atoms with Gasteiger partial charge in [0, 0.05) is 5.39 Å². The van der Waals surface area contributed by atoms with E-state index in [-0.39, 0.29) is 0 Å². The number of aryl methyl sites for hydroxylation is 1. The van der Waals surface area contributed by atoms with Crippen LogP contribution >= 0.6 is 11.5 Å². The number of nitrogens with zero attached hydrogens (tertiary/aromatic N) is 2. The topological polar surface area (TPSA) is 51.3 Å². The van der Waals surface area contributed by atoms with Gasteiger partial charge in [-0.2, -0.15) is 4.37 Å². The summed E-state index contributed by atoms with van der Waals surface area (Å²) in [7, 11) is 0. The van der Waals surface area contributed by atoms with Gasteiger partial charge in [0.15, 0.2) is 5.82 Å². The van der Waals surface area contributed by atoms with Crippen LogP contribution in [-0.2, 0) is 0 Å². The summed E-state index contributed by atoms with van der Waals surface area (Å²) in [4.78, 5) is 4.18. The minimum atomic E-state index is 0.392. The quantitative estimate of drug-likeness (QED) is 0.621. The Bertz CT molecular complexity index is 540. The third-order valence-electron chi connectivity index (χ3n) is 2.05. The fourth-order valence-corrected chi connectivity index (χ4v) is 1.99. The van der Waals surface area contributed by atoms with Crippen LogP contribution in [0.2, 0.25) is 0 Å². The minimum Gasteiger partial charge on any atom is -0.384 e. The Labute approximate surface area is 92.1 Å². The lowest BCUT2D eigenvalue weighted by atomic mass is 10.2. The van der Waals surface area contributed by atoms with Crippen LogP contribution in [0.1, 0.15) is 5.56 Å². The van der Waals surface area contributed by atoms with Crippen LogP contribution in [0.3, 0.4) is 0 Å². The van der Waals surface area contributed by atoms with Gasteiger partial charge < -0.3 is 5.73 Å². The van der Waals surface area contributed by atoms with E-state index in [0.29, 0.717) is 11.7 Å². The first-order valence-electron chi connectivity index (χ1n) is 4.53. The fourth-order valence-electron chi connectivity index (χ4n) is 1.29. The summed E-state index contributed by atoms with van der Waals surface area (Å²) in [5.74, 6) is 1.07. The molecule has 0 aliphatic carbocycles. The van der Waals surface area contributed by atoms with Gasteiger partial charge >= 0.3 is 0 Å². The maximum absolute atomic E-state index is 5.59. The number of benzene rings is 1. The Hall–Kier alpha value is -1.68. The highest BCUT2D eigenvalue weighted by Crippen LogP contribution is 2.29. The van der Waals surface area contributed by atoms with E-state index in [1.807, 2.05) is 13.0 Å². The van der Waals surface area contributed by atoms with E-state index in [1.54, 1.807) is 0 Å². The lowest BCUT2D eigenvalue weighted by Gasteiger charge is -1.94. The van der Waals surface area contributed by atoms with E-state index in [1.165, 1.54) is 23.2 Å². The summed E-state index contributed by atoms with van der Waals surface area (Å²) in [6.45, 7) is 5.60. The molecule has 0 spiro atoms. The highest BCUT2D eigenvalue weighted by atomic mass is 32.1. The molecule has 1 aromatic heterocycles. The SMILES string of the molecule is C=CC(N)=Nc1nsc2ccc(C)cc12. The summed E-state index contributed by atoms with van der Waals surface area (Å²) < 4.78 is 5.37. The zero-order valence-electron chi connectivity index (χ0n) is 8.40. The predicted octanol–water partition coefficient (Wildman–Crippen LogP) is 2.78. The molecule has 0 unspecified atom stereocenters. The van der Waals surface area contributed by atoms with Gasteiger partial charge in [-0.25, -0.2) is 4.99 Å². The van der Waals surface area contributed by atoms with Gasteiger partial charge in [0.2, 0.25) is 0 Å². The van der Waals surface area contributed by atoms with E-state index in [4.69, 9.17) is 5.73 Å². The van der Waals surface area contributed by atoms with Crippen LogP contribution in [0, 0.1) is 6.92 Å². The van der Waals surface area contributed by atoms with Crippen molar-refractivity contribution < 1.29 is 0 Å². The van der Waals surface area contributed by atoms with Crippen molar-refractivity contribution in [2.45, 2.75) is 6.92 Å². The van der Waals surface area contributed by atoms with Crippen LogP contribution < -0.4 is 5.73 Å². The molecule has 0 radical (unpaired) electrons. The molecular formula is C11H11N3S. The van der Waals surface area contributed by atoms with Crippen LogP contribution in [0.4, 0.5) is 5.82 Å². The number of nitrogens with two attached hydrogens (primary N) is 1.